The van der Waals surface area contributed by atoms with Crippen LogP contribution in [-0.2, 0) is 24.2 Å². The largest absolute Gasteiger partial charge is 0.452 e. The molecule has 1 aromatic rings. The molecule has 1 saturated heterocycles. The molecule has 0 bridgehead atoms. The summed E-state index contributed by atoms with van der Waals surface area (Å²) in [6.07, 6.45) is 3.13. The highest BCUT2D eigenvalue weighted by molar-refractivity contribution is 7.91. The van der Waals surface area contributed by atoms with Crippen LogP contribution in [0.1, 0.15) is 12.0 Å². The summed E-state index contributed by atoms with van der Waals surface area (Å²) in [5.41, 5.74) is 0.770. The van der Waals surface area contributed by atoms with Crippen molar-refractivity contribution in [2.45, 2.75) is 12.5 Å². The molecule has 0 spiro atoms. The first kappa shape index (κ1) is 17.5. The lowest BCUT2D eigenvalue weighted by Crippen LogP contribution is -2.38. The van der Waals surface area contributed by atoms with Crippen LogP contribution in [0.25, 0.3) is 6.08 Å². The van der Waals surface area contributed by atoms with Crippen molar-refractivity contribution >= 4 is 39.4 Å². The highest BCUT2D eigenvalue weighted by Gasteiger charge is 2.28. The zero-order chi connectivity index (χ0) is 16.9. The lowest BCUT2D eigenvalue weighted by atomic mass is 10.2. The van der Waals surface area contributed by atoms with Crippen molar-refractivity contribution in [2.75, 3.05) is 18.1 Å². The lowest BCUT2D eigenvalue weighted by Gasteiger charge is -2.10. The van der Waals surface area contributed by atoms with E-state index in [1.165, 1.54) is 6.08 Å². The van der Waals surface area contributed by atoms with Crippen molar-refractivity contribution in [3.05, 3.63) is 40.9 Å². The summed E-state index contributed by atoms with van der Waals surface area (Å²) in [5, 5.41) is 3.13. The molecule has 0 aliphatic carbocycles. The standard InChI is InChI=1S/C15H16ClNO5S/c16-12-4-1-11(2-5-12)3-6-15(19)22-9-14(18)17-13-7-8-23(20,21)10-13/h1-6,13H,7-10H2,(H,17,18)/b6-3+/t13-/m0/s1. The van der Waals surface area contributed by atoms with Crippen LogP contribution in [0.2, 0.25) is 5.02 Å². The van der Waals surface area contributed by atoms with Crippen LogP contribution < -0.4 is 5.32 Å². The fourth-order valence-electron chi connectivity index (χ4n) is 2.10. The molecule has 1 aliphatic heterocycles. The summed E-state index contributed by atoms with van der Waals surface area (Å²) in [5.74, 6) is -1.17. The number of nitrogens with one attached hydrogen (secondary N) is 1. The van der Waals surface area contributed by atoms with Gasteiger partial charge >= 0.3 is 5.97 Å². The van der Waals surface area contributed by atoms with E-state index >= 15 is 0 Å². The molecule has 1 aliphatic rings. The Morgan fingerprint density at radius 1 is 1.30 bits per heavy atom. The zero-order valence-electron chi connectivity index (χ0n) is 12.2. The molecular weight excluding hydrogens is 342 g/mol. The molecule has 0 radical (unpaired) electrons. The van der Waals surface area contributed by atoms with E-state index in [2.05, 4.69) is 5.32 Å². The number of hydrogen-bond donors (Lipinski definition) is 1. The summed E-state index contributed by atoms with van der Waals surface area (Å²) in [7, 11) is -3.06. The number of ether oxygens (including phenoxy) is 1. The zero-order valence-corrected chi connectivity index (χ0v) is 13.8. The minimum absolute atomic E-state index is 0.0663. The SMILES string of the molecule is O=C(COC(=O)/C=C/c1ccc(Cl)cc1)N[C@H]1CCS(=O)(=O)C1. The number of carbonyl (C=O) groups is 2. The molecule has 1 fully saturated rings. The Labute approximate surface area is 139 Å². The van der Waals surface area contributed by atoms with Crippen molar-refractivity contribution in [3.63, 3.8) is 0 Å². The van der Waals surface area contributed by atoms with E-state index in [0.29, 0.717) is 11.4 Å². The van der Waals surface area contributed by atoms with Gasteiger partial charge in [0.2, 0.25) is 0 Å². The van der Waals surface area contributed by atoms with Gasteiger partial charge in [-0.1, -0.05) is 23.7 Å². The minimum atomic E-state index is -3.06. The van der Waals surface area contributed by atoms with Crippen molar-refractivity contribution in [2.24, 2.45) is 0 Å². The number of rotatable bonds is 5. The first-order valence-corrected chi connectivity index (χ1v) is 9.14. The predicted octanol–water partition coefficient (Wildman–Crippen LogP) is 1.20. The first-order valence-electron chi connectivity index (χ1n) is 6.94. The number of esters is 1. The van der Waals surface area contributed by atoms with Crippen LogP contribution in [0.5, 0.6) is 0 Å². The molecule has 1 aromatic carbocycles. The van der Waals surface area contributed by atoms with E-state index < -0.39 is 34.4 Å². The van der Waals surface area contributed by atoms with Gasteiger partial charge in [-0.3, -0.25) is 4.79 Å². The Balaban J connectivity index is 1.73. The van der Waals surface area contributed by atoms with Crippen LogP contribution in [0.3, 0.4) is 0 Å². The molecule has 0 aromatic heterocycles. The van der Waals surface area contributed by atoms with Gasteiger partial charge in [-0.25, -0.2) is 13.2 Å². The van der Waals surface area contributed by atoms with Gasteiger partial charge in [0.25, 0.3) is 5.91 Å². The average molecular weight is 358 g/mol. The van der Waals surface area contributed by atoms with Crippen molar-refractivity contribution < 1.29 is 22.7 Å². The molecule has 0 unspecified atom stereocenters. The first-order chi connectivity index (χ1) is 10.8. The van der Waals surface area contributed by atoms with Gasteiger partial charge < -0.3 is 10.1 Å². The number of benzene rings is 1. The summed E-state index contributed by atoms with van der Waals surface area (Å²) in [6.45, 7) is -0.444. The summed E-state index contributed by atoms with van der Waals surface area (Å²) >= 11 is 5.75. The molecule has 6 nitrogen and oxygen atoms in total. The molecule has 23 heavy (non-hydrogen) atoms. The molecule has 2 rings (SSSR count). The number of halogens is 1. The monoisotopic (exact) mass is 357 g/mol. The second kappa shape index (κ2) is 7.61. The van der Waals surface area contributed by atoms with E-state index in [1.807, 2.05) is 0 Å². The predicted molar refractivity (Wildman–Crippen MR) is 86.6 cm³/mol. The smallest absolute Gasteiger partial charge is 0.331 e. The maximum absolute atomic E-state index is 11.6. The summed E-state index contributed by atoms with van der Waals surface area (Å²) in [6, 6.07) is 6.44. The van der Waals surface area contributed by atoms with Crippen LogP contribution in [-0.4, -0.2) is 44.4 Å². The Bertz CT molecular complexity index is 712. The highest BCUT2D eigenvalue weighted by atomic mass is 35.5. The minimum Gasteiger partial charge on any atom is -0.452 e. The maximum Gasteiger partial charge on any atom is 0.331 e. The van der Waals surface area contributed by atoms with Gasteiger partial charge in [0, 0.05) is 17.1 Å². The Morgan fingerprint density at radius 2 is 2.00 bits per heavy atom. The molecule has 1 heterocycles. The van der Waals surface area contributed by atoms with Gasteiger partial charge in [0.1, 0.15) is 0 Å². The number of hydrogen-bond acceptors (Lipinski definition) is 5. The van der Waals surface area contributed by atoms with E-state index in [4.69, 9.17) is 16.3 Å². The van der Waals surface area contributed by atoms with Crippen molar-refractivity contribution in [1.82, 2.24) is 5.32 Å². The average Bonchev–Trinajstić information content (AvgIpc) is 2.83. The second-order valence-corrected chi connectivity index (χ2v) is 7.83. The number of sulfone groups is 1. The quantitative estimate of drug-likeness (QED) is 0.631. The molecule has 1 amide bonds. The van der Waals surface area contributed by atoms with Crippen LogP contribution in [0, 0.1) is 0 Å². The van der Waals surface area contributed by atoms with Gasteiger partial charge in [-0.05, 0) is 30.2 Å². The van der Waals surface area contributed by atoms with E-state index in [1.54, 1.807) is 30.3 Å². The van der Waals surface area contributed by atoms with Gasteiger partial charge in [-0.2, -0.15) is 0 Å². The van der Waals surface area contributed by atoms with Gasteiger partial charge in [-0.15, -0.1) is 0 Å². The van der Waals surface area contributed by atoms with Crippen LogP contribution in [0.4, 0.5) is 0 Å². The number of carbonyl (C=O) groups excluding carboxylic acids is 2. The topological polar surface area (TPSA) is 89.5 Å². The normalized spacial score (nSPS) is 19.6. The van der Waals surface area contributed by atoms with Crippen molar-refractivity contribution in [3.8, 4) is 0 Å². The fraction of sp³-hybridized carbons (Fsp3) is 0.333. The Morgan fingerprint density at radius 3 is 2.61 bits per heavy atom. The van der Waals surface area contributed by atoms with Crippen molar-refractivity contribution in [1.29, 1.82) is 0 Å². The highest BCUT2D eigenvalue weighted by Crippen LogP contribution is 2.11. The molecular formula is C15H16ClNO5S. The molecule has 1 N–H and O–H groups in total. The van der Waals surface area contributed by atoms with Crippen LogP contribution >= 0.6 is 11.6 Å². The molecule has 1 atom stereocenters. The molecule has 8 heteroatoms. The summed E-state index contributed by atoms with van der Waals surface area (Å²) < 4.78 is 27.3. The molecule has 0 saturated carbocycles. The van der Waals surface area contributed by atoms with Crippen LogP contribution in [0.15, 0.2) is 30.3 Å². The molecule has 124 valence electrons. The second-order valence-electron chi connectivity index (χ2n) is 5.16. The van der Waals surface area contributed by atoms with Gasteiger partial charge in [0.05, 0.1) is 11.5 Å². The van der Waals surface area contributed by atoms with E-state index in [-0.39, 0.29) is 11.5 Å². The Kier molecular flexibility index (Phi) is 5.79. The number of amides is 1. The summed E-state index contributed by atoms with van der Waals surface area (Å²) in [4.78, 5) is 23.1. The lowest BCUT2D eigenvalue weighted by molar-refractivity contribution is -0.143. The third-order valence-electron chi connectivity index (χ3n) is 3.22. The third kappa shape index (κ3) is 6.03. The van der Waals surface area contributed by atoms with Gasteiger partial charge in [0.15, 0.2) is 16.4 Å². The maximum atomic E-state index is 11.6. The fourth-order valence-corrected chi connectivity index (χ4v) is 3.90. The van der Waals surface area contributed by atoms with E-state index in [9.17, 15) is 18.0 Å². The third-order valence-corrected chi connectivity index (χ3v) is 5.24. The Hall–Kier alpha value is -1.86. The van der Waals surface area contributed by atoms with E-state index in [0.717, 1.165) is 5.56 Å².